The molecule has 29 heavy (non-hydrogen) atoms. The predicted molar refractivity (Wildman–Crippen MR) is 116 cm³/mol. The third-order valence-electron chi connectivity index (χ3n) is 4.29. The van der Waals surface area contributed by atoms with Gasteiger partial charge >= 0.3 is 0 Å². The Morgan fingerprint density at radius 3 is 2.66 bits per heavy atom. The first-order chi connectivity index (χ1) is 14.2. The van der Waals surface area contributed by atoms with Gasteiger partial charge < -0.3 is 19.8 Å². The quantitative estimate of drug-likeness (QED) is 0.344. The van der Waals surface area contributed by atoms with Crippen molar-refractivity contribution in [3.63, 3.8) is 0 Å². The van der Waals surface area contributed by atoms with Crippen molar-refractivity contribution in [2.75, 3.05) is 13.7 Å². The van der Waals surface area contributed by atoms with Gasteiger partial charge in [0.15, 0.2) is 5.96 Å². The molecule has 0 aliphatic carbocycles. The summed E-state index contributed by atoms with van der Waals surface area (Å²) in [6, 6.07) is 16.0. The van der Waals surface area contributed by atoms with Gasteiger partial charge in [0, 0.05) is 24.7 Å². The van der Waals surface area contributed by atoms with Crippen LogP contribution in [0.1, 0.15) is 16.8 Å². The monoisotopic (exact) mass is 390 g/mol. The van der Waals surface area contributed by atoms with Crippen LogP contribution in [0, 0.1) is 6.92 Å². The zero-order valence-corrected chi connectivity index (χ0v) is 16.8. The minimum atomic E-state index is 0.472. The fourth-order valence-corrected chi connectivity index (χ4v) is 2.73. The molecule has 1 heterocycles. The Hall–Kier alpha value is -3.54. The summed E-state index contributed by atoms with van der Waals surface area (Å²) in [4.78, 5) is 8.80. The average molecular weight is 390 g/mol. The molecule has 6 heteroatoms. The fraction of sp³-hybridized carbons (Fsp3) is 0.217. The minimum absolute atomic E-state index is 0.472. The van der Waals surface area contributed by atoms with Gasteiger partial charge in [0.05, 0.1) is 12.2 Å². The Kier molecular flexibility index (Phi) is 7.05. The van der Waals surface area contributed by atoms with E-state index in [2.05, 4.69) is 34.1 Å². The Bertz CT molecular complexity index is 961. The van der Waals surface area contributed by atoms with Crippen LogP contribution in [-0.4, -0.2) is 24.6 Å². The highest BCUT2D eigenvalue weighted by Crippen LogP contribution is 2.19. The van der Waals surface area contributed by atoms with E-state index in [-0.39, 0.29) is 0 Å². The van der Waals surface area contributed by atoms with Gasteiger partial charge in [0.2, 0.25) is 5.89 Å². The largest absolute Gasteiger partial charge is 0.489 e. The van der Waals surface area contributed by atoms with Crippen LogP contribution < -0.4 is 15.4 Å². The van der Waals surface area contributed by atoms with Gasteiger partial charge in [-0.05, 0) is 25.1 Å². The third kappa shape index (κ3) is 5.72. The SMILES string of the molecule is C=CCOc1ccccc1CNC(=NC)NCc1coc(-c2ccc(C)cc2)n1. The van der Waals surface area contributed by atoms with E-state index in [4.69, 9.17) is 9.15 Å². The summed E-state index contributed by atoms with van der Waals surface area (Å²) in [5.74, 6) is 2.11. The molecule has 3 rings (SSSR count). The lowest BCUT2D eigenvalue weighted by Crippen LogP contribution is -2.36. The van der Waals surface area contributed by atoms with Crippen LogP contribution >= 0.6 is 0 Å². The average Bonchev–Trinajstić information content (AvgIpc) is 3.22. The molecule has 0 amide bonds. The topological polar surface area (TPSA) is 71.7 Å². The van der Waals surface area contributed by atoms with E-state index in [9.17, 15) is 0 Å². The Morgan fingerprint density at radius 1 is 1.14 bits per heavy atom. The lowest BCUT2D eigenvalue weighted by atomic mass is 10.1. The molecule has 0 unspecified atom stereocenters. The number of benzene rings is 2. The van der Waals surface area contributed by atoms with Gasteiger partial charge in [-0.2, -0.15) is 0 Å². The van der Waals surface area contributed by atoms with Crippen LogP contribution in [0.3, 0.4) is 0 Å². The number of ether oxygens (including phenoxy) is 1. The van der Waals surface area contributed by atoms with E-state index in [1.807, 2.05) is 48.5 Å². The van der Waals surface area contributed by atoms with Gasteiger partial charge in [-0.15, -0.1) is 0 Å². The lowest BCUT2D eigenvalue weighted by molar-refractivity contribution is 0.358. The molecule has 2 aromatic carbocycles. The van der Waals surface area contributed by atoms with Gasteiger partial charge in [-0.25, -0.2) is 4.98 Å². The number of oxazole rings is 1. The second-order valence-corrected chi connectivity index (χ2v) is 6.50. The van der Waals surface area contributed by atoms with E-state index >= 15 is 0 Å². The number of hydrogen-bond donors (Lipinski definition) is 2. The van der Waals surface area contributed by atoms with Crippen LogP contribution in [0.5, 0.6) is 5.75 Å². The van der Waals surface area contributed by atoms with Crippen molar-refractivity contribution in [2.45, 2.75) is 20.0 Å². The summed E-state index contributed by atoms with van der Waals surface area (Å²) < 4.78 is 11.3. The van der Waals surface area contributed by atoms with Crippen molar-refractivity contribution in [3.05, 3.63) is 84.3 Å². The second kappa shape index (κ2) is 10.1. The first kappa shape index (κ1) is 20.2. The Labute approximate surface area is 171 Å². The summed E-state index contributed by atoms with van der Waals surface area (Å²) in [5.41, 5.74) is 4.01. The van der Waals surface area contributed by atoms with E-state index in [1.165, 1.54) is 5.56 Å². The van der Waals surface area contributed by atoms with Gasteiger partial charge in [0.1, 0.15) is 18.6 Å². The van der Waals surface area contributed by atoms with Gasteiger partial charge in [-0.3, -0.25) is 4.99 Å². The molecular weight excluding hydrogens is 364 g/mol. The molecule has 0 saturated heterocycles. The number of nitrogens with zero attached hydrogens (tertiary/aromatic N) is 2. The molecular formula is C23H26N4O2. The molecule has 0 atom stereocenters. The molecule has 0 aliphatic heterocycles. The van der Waals surface area contributed by atoms with Crippen molar-refractivity contribution in [1.82, 2.24) is 15.6 Å². The highest BCUT2D eigenvalue weighted by atomic mass is 16.5. The van der Waals surface area contributed by atoms with Crippen LogP contribution in [0.15, 0.2) is 76.9 Å². The molecule has 0 bridgehead atoms. The maximum atomic E-state index is 5.69. The molecule has 0 saturated carbocycles. The zero-order valence-electron chi connectivity index (χ0n) is 16.8. The molecule has 0 fully saturated rings. The van der Waals surface area contributed by atoms with E-state index in [0.29, 0.717) is 31.5 Å². The molecule has 0 aliphatic rings. The molecule has 0 radical (unpaired) electrons. The summed E-state index contributed by atoms with van der Waals surface area (Å²) in [6.07, 6.45) is 3.39. The number of aryl methyl sites for hydroxylation is 1. The molecule has 6 nitrogen and oxygen atoms in total. The van der Waals surface area contributed by atoms with Crippen molar-refractivity contribution < 1.29 is 9.15 Å². The molecule has 2 N–H and O–H groups in total. The predicted octanol–water partition coefficient (Wildman–Crippen LogP) is 4.08. The van der Waals surface area contributed by atoms with Crippen molar-refractivity contribution in [1.29, 1.82) is 0 Å². The molecule has 0 spiro atoms. The Balaban J connectivity index is 1.55. The first-order valence-corrected chi connectivity index (χ1v) is 9.47. The van der Waals surface area contributed by atoms with Crippen molar-refractivity contribution in [3.8, 4) is 17.2 Å². The number of rotatable bonds is 8. The van der Waals surface area contributed by atoms with Crippen LogP contribution in [-0.2, 0) is 13.1 Å². The Morgan fingerprint density at radius 2 is 1.90 bits per heavy atom. The minimum Gasteiger partial charge on any atom is -0.489 e. The highest BCUT2D eigenvalue weighted by molar-refractivity contribution is 5.79. The van der Waals surface area contributed by atoms with Crippen molar-refractivity contribution >= 4 is 5.96 Å². The smallest absolute Gasteiger partial charge is 0.226 e. The number of para-hydroxylation sites is 1. The summed E-state index contributed by atoms with van der Waals surface area (Å²) in [5, 5.41) is 6.54. The maximum Gasteiger partial charge on any atom is 0.226 e. The van der Waals surface area contributed by atoms with Gasteiger partial charge in [-0.1, -0.05) is 48.6 Å². The second-order valence-electron chi connectivity index (χ2n) is 6.50. The summed E-state index contributed by atoms with van der Waals surface area (Å²) in [7, 11) is 1.73. The number of nitrogens with one attached hydrogen (secondary N) is 2. The van der Waals surface area contributed by atoms with Crippen molar-refractivity contribution in [2.24, 2.45) is 4.99 Å². The molecule has 3 aromatic rings. The zero-order chi connectivity index (χ0) is 20.5. The number of aliphatic imine (C=N–C) groups is 1. The third-order valence-corrected chi connectivity index (χ3v) is 4.29. The summed E-state index contributed by atoms with van der Waals surface area (Å²) >= 11 is 0. The standard InChI is InChI=1S/C23H26N4O2/c1-4-13-28-21-8-6-5-7-19(21)14-25-23(24-3)26-15-20-16-29-22(27-20)18-11-9-17(2)10-12-18/h4-12,16H,1,13-15H2,2-3H3,(H2,24,25,26). The van der Waals surface area contributed by atoms with E-state index in [1.54, 1.807) is 19.4 Å². The molecule has 150 valence electrons. The fourth-order valence-electron chi connectivity index (χ4n) is 2.73. The van der Waals surface area contributed by atoms with Crippen LogP contribution in [0.25, 0.3) is 11.5 Å². The molecule has 1 aromatic heterocycles. The lowest BCUT2D eigenvalue weighted by Gasteiger charge is -2.13. The highest BCUT2D eigenvalue weighted by Gasteiger charge is 2.08. The number of aromatic nitrogens is 1. The van der Waals surface area contributed by atoms with Crippen LogP contribution in [0.2, 0.25) is 0 Å². The first-order valence-electron chi connectivity index (χ1n) is 9.47. The normalized spacial score (nSPS) is 11.2. The summed E-state index contributed by atoms with van der Waals surface area (Å²) in [6.45, 7) is 7.30. The van der Waals surface area contributed by atoms with E-state index < -0.39 is 0 Å². The van der Waals surface area contributed by atoms with E-state index in [0.717, 1.165) is 22.6 Å². The maximum absolute atomic E-state index is 5.69. The number of guanidine groups is 1. The van der Waals surface area contributed by atoms with Gasteiger partial charge in [0.25, 0.3) is 0 Å². The van der Waals surface area contributed by atoms with Crippen LogP contribution in [0.4, 0.5) is 0 Å². The number of hydrogen-bond acceptors (Lipinski definition) is 4.